The molecule has 1 saturated heterocycles. The molecule has 5 rings (SSSR count). The molecule has 2 heterocycles. The van der Waals surface area contributed by atoms with Crippen molar-refractivity contribution in [2.24, 2.45) is 0 Å². The monoisotopic (exact) mass is 628 g/mol. The molecule has 3 aromatic carbocycles. The molecule has 0 spiro atoms. The van der Waals surface area contributed by atoms with E-state index in [1.165, 1.54) is 19.1 Å². The Hall–Kier alpha value is -5.16. The number of hydrogen-bond donors (Lipinski definition) is 1. The number of aromatic nitrogens is 1. The number of ketones is 1. The standard InChI is InChI=1S/C34H32N2O8S/c1-6-43-25-15-12-22(17-26(25)41-4)28-27(30(38)32(39)36(28)34-35-20(3)31(45-34)33(40)42-5)29(37)23-13-14-24(19(2)16-23)44-18-21-10-8-7-9-11-21/h7-17,28,37H,6,18H2,1-5H3/b29-27+/t28-/m0/s1. The number of carbonyl (C=O) groups excluding carboxylic acids is 3. The molecule has 0 unspecified atom stereocenters. The molecule has 1 amide bonds. The number of rotatable bonds is 10. The van der Waals surface area contributed by atoms with Crippen molar-refractivity contribution >= 4 is 39.9 Å². The molecule has 1 aromatic heterocycles. The summed E-state index contributed by atoms with van der Waals surface area (Å²) in [5.41, 5.74) is 2.71. The maximum Gasteiger partial charge on any atom is 0.350 e. The average molecular weight is 629 g/mol. The largest absolute Gasteiger partial charge is 0.507 e. The van der Waals surface area contributed by atoms with Crippen molar-refractivity contribution in [3.63, 3.8) is 0 Å². The molecule has 1 atom stereocenters. The van der Waals surface area contributed by atoms with Gasteiger partial charge in [0.05, 0.1) is 38.1 Å². The summed E-state index contributed by atoms with van der Waals surface area (Å²) in [6.07, 6.45) is 0. The lowest BCUT2D eigenvalue weighted by Gasteiger charge is -2.24. The number of ether oxygens (including phenoxy) is 4. The van der Waals surface area contributed by atoms with Gasteiger partial charge in [0.15, 0.2) is 16.6 Å². The molecular formula is C34H32N2O8S. The van der Waals surface area contributed by atoms with E-state index in [0.29, 0.717) is 47.3 Å². The van der Waals surface area contributed by atoms with Crippen LogP contribution in [0.4, 0.5) is 5.13 Å². The molecule has 0 saturated carbocycles. The number of methoxy groups -OCH3 is 2. The number of hydrogen-bond acceptors (Lipinski definition) is 10. The molecule has 0 aliphatic carbocycles. The number of benzene rings is 3. The number of amides is 1. The summed E-state index contributed by atoms with van der Waals surface area (Å²) in [5.74, 6) is -1.33. The Kier molecular flexibility index (Phi) is 9.19. The lowest BCUT2D eigenvalue weighted by Crippen LogP contribution is -2.29. The van der Waals surface area contributed by atoms with Crippen molar-refractivity contribution in [1.82, 2.24) is 4.98 Å². The van der Waals surface area contributed by atoms with E-state index in [9.17, 15) is 19.5 Å². The molecule has 232 valence electrons. The second-order valence-electron chi connectivity index (χ2n) is 10.2. The molecule has 45 heavy (non-hydrogen) atoms. The topological polar surface area (TPSA) is 124 Å². The van der Waals surface area contributed by atoms with Crippen molar-refractivity contribution in [2.45, 2.75) is 33.4 Å². The molecule has 0 radical (unpaired) electrons. The summed E-state index contributed by atoms with van der Waals surface area (Å²) in [6.45, 7) is 6.04. The molecule has 1 aliphatic rings. The number of aliphatic hydroxyl groups is 1. The molecule has 0 bridgehead atoms. The van der Waals surface area contributed by atoms with Crippen LogP contribution in [-0.2, 0) is 20.9 Å². The van der Waals surface area contributed by atoms with Gasteiger partial charge < -0.3 is 24.1 Å². The van der Waals surface area contributed by atoms with Gasteiger partial charge in [-0.1, -0.05) is 47.7 Å². The molecule has 1 N–H and O–H groups in total. The fourth-order valence-electron chi connectivity index (χ4n) is 5.09. The third-order valence-corrected chi connectivity index (χ3v) is 8.43. The number of thiazole rings is 1. The Morgan fingerprint density at radius 1 is 0.956 bits per heavy atom. The molecule has 10 nitrogen and oxygen atoms in total. The number of esters is 1. The van der Waals surface area contributed by atoms with E-state index in [0.717, 1.165) is 22.5 Å². The van der Waals surface area contributed by atoms with E-state index in [4.69, 9.17) is 18.9 Å². The summed E-state index contributed by atoms with van der Waals surface area (Å²) < 4.78 is 22.1. The average Bonchev–Trinajstić information content (AvgIpc) is 3.56. The molecule has 4 aromatic rings. The minimum Gasteiger partial charge on any atom is -0.507 e. The van der Waals surface area contributed by atoms with Crippen molar-refractivity contribution in [3.05, 3.63) is 105 Å². The van der Waals surface area contributed by atoms with Crippen molar-refractivity contribution in [3.8, 4) is 17.2 Å². The molecular weight excluding hydrogens is 596 g/mol. The smallest absolute Gasteiger partial charge is 0.350 e. The van der Waals surface area contributed by atoms with Crippen molar-refractivity contribution < 1.29 is 38.4 Å². The zero-order chi connectivity index (χ0) is 32.2. The van der Waals surface area contributed by atoms with Gasteiger partial charge in [-0.15, -0.1) is 0 Å². The van der Waals surface area contributed by atoms with Gasteiger partial charge >= 0.3 is 11.9 Å². The molecule has 1 fully saturated rings. The Bertz CT molecular complexity index is 1800. The third kappa shape index (κ3) is 6.12. The molecule has 11 heteroatoms. The van der Waals surface area contributed by atoms with Crippen LogP contribution in [0.15, 0.2) is 72.3 Å². The normalized spacial score (nSPS) is 15.7. The fraction of sp³-hybridized carbons (Fsp3) is 0.235. The number of aliphatic hydroxyl groups excluding tert-OH is 1. The number of Topliss-reactive ketones (excluding diaryl/α,β-unsaturated/α-hetero) is 1. The Morgan fingerprint density at radius 2 is 1.69 bits per heavy atom. The van der Waals surface area contributed by atoms with Crippen LogP contribution in [0.2, 0.25) is 0 Å². The van der Waals surface area contributed by atoms with E-state index in [-0.39, 0.29) is 21.3 Å². The number of anilines is 1. The first-order valence-corrected chi connectivity index (χ1v) is 14.9. The van der Waals surface area contributed by atoms with E-state index in [1.54, 1.807) is 43.3 Å². The van der Waals surface area contributed by atoms with Crippen LogP contribution in [-0.4, -0.2) is 48.6 Å². The third-order valence-electron chi connectivity index (χ3n) is 7.30. The summed E-state index contributed by atoms with van der Waals surface area (Å²) in [6, 6.07) is 18.7. The maximum atomic E-state index is 13.7. The quantitative estimate of drug-likeness (QED) is 0.0952. The van der Waals surface area contributed by atoms with E-state index in [1.807, 2.05) is 44.2 Å². The van der Waals surface area contributed by atoms with Gasteiger partial charge in [0.2, 0.25) is 0 Å². The number of nitrogens with zero attached hydrogens (tertiary/aromatic N) is 2. The maximum absolute atomic E-state index is 13.7. The SMILES string of the molecule is CCOc1ccc([C@H]2/C(=C(\O)c3ccc(OCc4ccccc4)c(C)c3)C(=O)C(=O)N2c2nc(C)c(C(=O)OC)s2)cc1OC. The van der Waals surface area contributed by atoms with Crippen molar-refractivity contribution in [2.75, 3.05) is 25.7 Å². The predicted octanol–water partition coefficient (Wildman–Crippen LogP) is 6.16. The van der Waals surface area contributed by atoms with E-state index < -0.39 is 23.7 Å². The number of carbonyl (C=O) groups is 3. The lowest BCUT2D eigenvalue weighted by atomic mass is 9.94. The van der Waals surface area contributed by atoms with Crippen LogP contribution in [0.25, 0.3) is 5.76 Å². The fourth-order valence-corrected chi connectivity index (χ4v) is 6.10. The second-order valence-corrected chi connectivity index (χ2v) is 11.1. The zero-order valence-electron chi connectivity index (χ0n) is 25.5. The molecule has 1 aliphatic heterocycles. The first-order valence-electron chi connectivity index (χ1n) is 14.1. The van der Waals surface area contributed by atoms with E-state index in [2.05, 4.69) is 4.98 Å². The second kappa shape index (κ2) is 13.2. The number of aryl methyl sites for hydroxylation is 2. The summed E-state index contributed by atoms with van der Waals surface area (Å²) in [7, 11) is 2.73. The van der Waals surface area contributed by atoms with Gasteiger partial charge in [-0.2, -0.15) is 0 Å². The van der Waals surface area contributed by atoms with E-state index >= 15 is 0 Å². The highest BCUT2D eigenvalue weighted by molar-refractivity contribution is 7.17. The van der Waals surface area contributed by atoms with Crippen molar-refractivity contribution in [1.29, 1.82) is 0 Å². The highest BCUT2D eigenvalue weighted by Crippen LogP contribution is 2.45. The Labute approximate surface area is 264 Å². The lowest BCUT2D eigenvalue weighted by molar-refractivity contribution is -0.132. The predicted molar refractivity (Wildman–Crippen MR) is 169 cm³/mol. The zero-order valence-corrected chi connectivity index (χ0v) is 26.3. The highest BCUT2D eigenvalue weighted by Gasteiger charge is 2.48. The minimum absolute atomic E-state index is 0.104. The van der Waals surface area contributed by atoms with Crippen LogP contribution in [0.1, 0.15) is 50.6 Å². The highest BCUT2D eigenvalue weighted by atomic mass is 32.1. The first kappa shape index (κ1) is 31.3. The van der Waals surface area contributed by atoms with Crippen LogP contribution < -0.4 is 19.1 Å². The summed E-state index contributed by atoms with van der Waals surface area (Å²) in [5, 5.41) is 11.8. The van der Waals surface area contributed by atoms with Gasteiger partial charge in [0.25, 0.3) is 5.78 Å². The first-order chi connectivity index (χ1) is 21.7. The van der Waals surface area contributed by atoms with Gasteiger partial charge in [0, 0.05) is 5.56 Å². The Balaban J connectivity index is 1.61. The van der Waals surface area contributed by atoms with Crippen LogP contribution in [0.5, 0.6) is 17.2 Å². The summed E-state index contributed by atoms with van der Waals surface area (Å²) in [4.78, 5) is 45.6. The minimum atomic E-state index is -1.10. The van der Waals surface area contributed by atoms with Gasteiger partial charge in [-0.05, 0) is 67.8 Å². The van der Waals surface area contributed by atoms with Gasteiger partial charge in [-0.3, -0.25) is 14.5 Å². The van der Waals surface area contributed by atoms with Crippen LogP contribution in [0.3, 0.4) is 0 Å². The van der Waals surface area contributed by atoms with Crippen LogP contribution in [0, 0.1) is 13.8 Å². The Morgan fingerprint density at radius 3 is 2.36 bits per heavy atom. The van der Waals surface area contributed by atoms with Crippen LogP contribution >= 0.6 is 11.3 Å². The van der Waals surface area contributed by atoms with Gasteiger partial charge in [0.1, 0.15) is 23.0 Å². The summed E-state index contributed by atoms with van der Waals surface area (Å²) >= 11 is 0.923. The van der Waals surface area contributed by atoms with Gasteiger partial charge in [-0.25, -0.2) is 9.78 Å².